The van der Waals surface area contributed by atoms with E-state index in [9.17, 15) is 9.90 Å². The van der Waals surface area contributed by atoms with Crippen molar-refractivity contribution in [2.75, 3.05) is 0 Å². The second-order valence-corrected chi connectivity index (χ2v) is 10.7. The minimum absolute atomic E-state index is 0.229. The van der Waals surface area contributed by atoms with Gasteiger partial charge in [0.1, 0.15) is 5.78 Å². The first kappa shape index (κ1) is 18.5. The molecular formula is C23H35NO2. The third kappa shape index (κ3) is 2.51. The number of hydrogen-bond acceptors (Lipinski definition) is 3. The minimum Gasteiger partial charge on any atom is -0.389 e. The monoisotopic (exact) mass is 357 g/mol. The summed E-state index contributed by atoms with van der Waals surface area (Å²) >= 11 is 0. The predicted octanol–water partition coefficient (Wildman–Crippen LogP) is 4.88. The summed E-state index contributed by atoms with van der Waals surface area (Å²) in [6, 6.07) is 2.21. The smallest absolute Gasteiger partial charge is 0.133 e. The Morgan fingerprint density at radius 2 is 1.77 bits per heavy atom. The molecule has 0 heterocycles. The van der Waals surface area contributed by atoms with Crippen molar-refractivity contribution in [1.82, 2.24) is 0 Å². The molecule has 144 valence electrons. The maximum Gasteiger partial charge on any atom is 0.133 e. The molecule has 26 heavy (non-hydrogen) atoms. The Kier molecular flexibility index (Phi) is 4.31. The number of nitrogens with zero attached hydrogens (tertiary/aromatic N) is 1. The van der Waals surface area contributed by atoms with Gasteiger partial charge in [0, 0.05) is 5.92 Å². The van der Waals surface area contributed by atoms with E-state index < -0.39 is 5.60 Å². The molecule has 0 unspecified atom stereocenters. The van der Waals surface area contributed by atoms with E-state index in [1.165, 1.54) is 32.1 Å². The molecular weight excluding hydrogens is 322 g/mol. The van der Waals surface area contributed by atoms with Crippen LogP contribution < -0.4 is 0 Å². The lowest BCUT2D eigenvalue weighted by atomic mass is 9.43. The van der Waals surface area contributed by atoms with Crippen LogP contribution >= 0.6 is 0 Å². The van der Waals surface area contributed by atoms with Gasteiger partial charge >= 0.3 is 0 Å². The highest BCUT2D eigenvalue weighted by Crippen LogP contribution is 2.68. The molecule has 0 aliphatic heterocycles. The maximum absolute atomic E-state index is 12.2. The van der Waals surface area contributed by atoms with Crippen molar-refractivity contribution in [3.8, 4) is 6.07 Å². The average molecular weight is 358 g/mol. The first-order valence-electron chi connectivity index (χ1n) is 10.8. The summed E-state index contributed by atoms with van der Waals surface area (Å²) in [6.07, 6.45) is 10.2. The van der Waals surface area contributed by atoms with Crippen LogP contribution in [0, 0.1) is 51.8 Å². The number of rotatable bonds is 2. The van der Waals surface area contributed by atoms with Crippen molar-refractivity contribution < 1.29 is 9.90 Å². The lowest BCUT2D eigenvalue weighted by Gasteiger charge is -2.62. The summed E-state index contributed by atoms with van der Waals surface area (Å²) in [5.41, 5.74) is -0.200. The maximum atomic E-state index is 12.2. The number of carbonyl (C=O) groups is 1. The fraction of sp³-hybridized carbons (Fsp3) is 0.913. The predicted molar refractivity (Wildman–Crippen MR) is 101 cm³/mol. The van der Waals surface area contributed by atoms with Crippen molar-refractivity contribution in [2.45, 2.75) is 90.6 Å². The summed E-state index contributed by atoms with van der Waals surface area (Å²) in [5.74, 6) is 3.48. The molecule has 0 aromatic rings. The molecule has 0 radical (unpaired) electrons. The fourth-order valence-corrected chi connectivity index (χ4v) is 8.30. The zero-order valence-corrected chi connectivity index (χ0v) is 16.8. The average Bonchev–Trinajstić information content (AvgIpc) is 2.93. The van der Waals surface area contributed by atoms with Crippen LogP contribution in [-0.2, 0) is 4.79 Å². The van der Waals surface area contributed by atoms with E-state index in [-0.39, 0.29) is 17.8 Å². The Labute approximate surface area is 158 Å². The van der Waals surface area contributed by atoms with E-state index in [1.54, 1.807) is 6.92 Å². The molecule has 0 saturated heterocycles. The highest BCUT2D eigenvalue weighted by molar-refractivity contribution is 5.79. The molecule has 3 nitrogen and oxygen atoms in total. The minimum atomic E-state index is -0.748. The number of Topliss-reactive ketones (excluding diaryl/α,β-unsaturated/α-hetero) is 1. The van der Waals surface area contributed by atoms with Crippen LogP contribution in [-0.4, -0.2) is 16.5 Å². The standard InChI is InChI=1S/C23H35NO2/c1-15(25)18-6-7-19-17-5-4-16-14-23(26,12-13-24)11-10-21(16,2)20(17)8-9-22(18,19)3/h16-20,26H,4-12,14H2,1-3H3/t16-,17-,18+,19-,20-,21-,22+,23-/m0/s1. The molecule has 4 rings (SSSR count). The molecule has 0 spiro atoms. The van der Waals surface area contributed by atoms with Gasteiger partial charge in [0.15, 0.2) is 0 Å². The zero-order valence-electron chi connectivity index (χ0n) is 16.8. The molecule has 0 aromatic carbocycles. The molecule has 0 bridgehead atoms. The van der Waals surface area contributed by atoms with Gasteiger partial charge < -0.3 is 5.11 Å². The van der Waals surface area contributed by atoms with Gasteiger partial charge in [-0.3, -0.25) is 4.79 Å². The van der Waals surface area contributed by atoms with E-state index in [2.05, 4.69) is 19.9 Å². The highest BCUT2D eigenvalue weighted by atomic mass is 16.3. The number of carbonyl (C=O) groups excluding carboxylic acids is 1. The lowest BCUT2D eigenvalue weighted by molar-refractivity contribution is -0.152. The third-order valence-electron chi connectivity index (χ3n) is 9.72. The Morgan fingerprint density at radius 3 is 2.46 bits per heavy atom. The van der Waals surface area contributed by atoms with Gasteiger partial charge in [-0.05, 0) is 99.2 Å². The summed E-state index contributed by atoms with van der Waals surface area (Å²) in [7, 11) is 0. The van der Waals surface area contributed by atoms with Gasteiger partial charge in [-0.1, -0.05) is 13.8 Å². The number of hydrogen-bond donors (Lipinski definition) is 1. The summed E-state index contributed by atoms with van der Waals surface area (Å²) in [6.45, 7) is 6.70. The zero-order chi connectivity index (χ0) is 18.7. The Morgan fingerprint density at radius 1 is 1.04 bits per heavy atom. The third-order valence-corrected chi connectivity index (χ3v) is 9.72. The van der Waals surface area contributed by atoms with E-state index in [0.29, 0.717) is 23.0 Å². The van der Waals surface area contributed by atoms with Gasteiger partial charge in [0.25, 0.3) is 0 Å². The van der Waals surface area contributed by atoms with Gasteiger partial charge in [-0.25, -0.2) is 0 Å². The molecule has 3 heteroatoms. The van der Waals surface area contributed by atoms with Crippen LogP contribution in [0.2, 0.25) is 0 Å². The summed E-state index contributed by atoms with van der Waals surface area (Å²) in [5, 5.41) is 19.9. The van der Waals surface area contributed by atoms with Crippen LogP contribution in [0.1, 0.15) is 85.0 Å². The number of fused-ring (bicyclic) bond motifs is 5. The lowest BCUT2D eigenvalue weighted by Crippen LogP contribution is -2.56. The Balaban J connectivity index is 1.58. The number of ketones is 1. The quantitative estimate of drug-likeness (QED) is 0.766. The Hall–Kier alpha value is -0.880. The number of nitriles is 1. The Bertz CT molecular complexity index is 639. The van der Waals surface area contributed by atoms with Crippen molar-refractivity contribution in [3.63, 3.8) is 0 Å². The van der Waals surface area contributed by atoms with Crippen molar-refractivity contribution in [3.05, 3.63) is 0 Å². The molecule has 4 aliphatic carbocycles. The second-order valence-electron chi connectivity index (χ2n) is 10.7. The summed E-state index contributed by atoms with van der Waals surface area (Å²) in [4.78, 5) is 12.2. The van der Waals surface area contributed by atoms with Gasteiger partial charge in [0.05, 0.1) is 18.1 Å². The first-order chi connectivity index (χ1) is 12.2. The van der Waals surface area contributed by atoms with E-state index in [1.807, 2.05) is 0 Å². The fourth-order valence-electron chi connectivity index (χ4n) is 8.30. The summed E-state index contributed by atoms with van der Waals surface area (Å²) < 4.78 is 0. The normalized spacial score (nSPS) is 53.1. The molecule has 0 amide bonds. The molecule has 8 atom stereocenters. The highest BCUT2D eigenvalue weighted by Gasteiger charge is 2.61. The molecule has 4 saturated carbocycles. The molecule has 4 fully saturated rings. The van der Waals surface area contributed by atoms with Crippen molar-refractivity contribution in [2.24, 2.45) is 40.4 Å². The first-order valence-corrected chi connectivity index (χ1v) is 10.8. The van der Waals surface area contributed by atoms with E-state index in [4.69, 9.17) is 5.26 Å². The van der Waals surface area contributed by atoms with Gasteiger partial charge in [0.2, 0.25) is 0 Å². The van der Waals surface area contributed by atoms with Crippen molar-refractivity contribution in [1.29, 1.82) is 5.26 Å². The van der Waals surface area contributed by atoms with Crippen LogP contribution in [0.5, 0.6) is 0 Å². The van der Waals surface area contributed by atoms with Crippen LogP contribution in [0.15, 0.2) is 0 Å². The molecule has 0 aromatic heterocycles. The van der Waals surface area contributed by atoms with E-state index in [0.717, 1.165) is 37.5 Å². The van der Waals surface area contributed by atoms with E-state index >= 15 is 0 Å². The van der Waals surface area contributed by atoms with Crippen LogP contribution in [0.25, 0.3) is 0 Å². The molecule has 4 aliphatic rings. The SMILES string of the molecule is CC(=O)[C@H]1CC[C@H]2[C@@H]3CC[C@H]4C[C@@](O)(CC#N)CC[C@]4(C)[C@H]3CC[C@]12C. The largest absolute Gasteiger partial charge is 0.389 e. The second kappa shape index (κ2) is 6.06. The molecule has 1 N–H and O–H groups in total. The topological polar surface area (TPSA) is 61.1 Å². The van der Waals surface area contributed by atoms with Crippen LogP contribution in [0.3, 0.4) is 0 Å². The van der Waals surface area contributed by atoms with Crippen molar-refractivity contribution >= 4 is 5.78 Å². The number of aliphatic hydroxyl groups is 1. The van der Waals surface area contributed by atoms with Gasteiger partial charge in [-0.2, -0.15) is 5.26 Å². The van der Waals surface area contributed by atoms with Crippen LogP contribution in [0.4, 0.5) is 0 Å². The van der Waals surface area contributed by atoms with Gasteiger partial charge in [-0.15, -0.1) is 0 Å².